The third-order valence-corrected chi connectivity index (χ3v) is 4.31. The molecule has 1 heterocycles. The van der Waals surface area contributed by atoms with Crippen LogP contribution in [0.15, 0.2) is 34.7 Å². The molecule has 144 valence electrons. The van der Waals surface area contributed by atoms with Gasteiger partial charge in [0.05, 0.1) is 6.54 Å². The first-order valence-electron chi connectivity index (χ1n) is 8.10. The van der Waals surface area contributed by atoms with Crippen molar-refractivity contribution in [3.8, 4) is 5.75 Å². The van der Waals surface area contributed by atoms with E-state index < -0.39 is 18.2 Å². The highest BCUT2D eigenvalue weighted by atomic mass is 19.4. The molecule has 2 atom stereocenters. The Labute approximate surface area is 151 Å². The van der Waals surface area contributed by atoms with Gasteiger partial charge in [0.15, 0.2) is 0 Å². The first-order valence-corrected chi connectivity index (χ1v) is 8.10. The van der Waals surface area contributed by atoms with Crippen LogP contribution < -0.4 is 10.1 Å². The number of carboxylic acids is 1. The van der Waals surface area contributed by atoms with E-state index in [4.69, 9.17) is 9.52 Å². The average Bonchev–Trinajstić information content (AvgIpc) is 3.27. The van der Waals surface area contributed by atoms with Gasteiger partial charge >= 0.3 is 12.3 Å². The number of hydrogen-bond donors (Lipinski definition) is 2. The first-order chi connectivity index (χ1) is 12.7. The molecule has 1 aromatic heterocycles. The van der Waals surface area contributed by atoms with Gasteiger partial charge in [-0.15, -0.1) is 13.2 Å². The molecule has 2 N–H and O–H groups in total. The number of ether oxygens (including phenoxy) is 1. The first kappa shape index (κ1) is 18.8. The van der Waals surface area contributed by atoms with Crippen LogP contribution in [0.4, 0.5) is 13.2 Å². The second-order valence-corrected chi connectivity index (χ2v) is 6.24. The number of alkyl halides is 3. The summed E-state index contributed by atoms with van der Waals surface area (Å²) < 4.78 is 46.8. The highest BCUT2D eigenvalue weighted by Gasteiger charge is 2.46. The van der Waals surface area contributed by atoms with E-state index in [9.17, 15) is 22.8 Å². The largest absolute Gasteiger partial charge is 0.573 e. The highest BCUT2D eigenvalue weighted by Crippen LogP contribution is 2.51. The molecular formula is C18H16F3NO5. The summed E-state index contributed by atoms with van der Waals surface area (Å²) in [6.07, 6.45) is -4.40. The number of amides is 1. The summed E-state index contributed by atoms with van der Waals surface area (Å²) in [5.41, 5.74) is 0.346. The van der Waals surface area contributed by atoms with E-state index in [1.165, 1.54) is 31.2 Å². The second-order valence-electron chi connectivity index (χ2n) is 6.24. The Hall–Kier alpha value is -2.97. The van der Waals surface area contributed by atoms with Gasteiger partial charge in [-0.25, -0.2) is 4.79 Å². The van der Waals surface area contributed by atoms with Gasteiger partial charge in [-0.3, -0.25) is 4.79 Å². The van der Waals surface area contributed by atoms with Crippen LogP contribution in [0.5, 0.6) is 5.75 Å². The summed E-state index contributed by atoms with van der Waals surface area (Å²) in [4.78, 5) is 23.2. The van der Waals surface area contributed by atoms with Crippen LogP contribution in [0.25, 0.3) is 0 Å². The SMILES string of the molecule is Cc1oc(CNC(=O)C2CC2c2ccccc2OC(F)(F)F)cc1C(=O)O. The number of carboxylic acid groups (broad SMARTS) is 1. The maximum Gasteiger partial charge on any atom is 0.573 e. The number of furan rings is 1. The summed E-state index contributed by atoms with van der Waals surface area (Å²) in [7, 11) is 0. The Bertz CT molecular complexity index is 874. The Morgan fingerprint density at radius 2 is 2.04 bits per heavy atom. The van der Waals surface area contributed by atoms with Crippen molar-refractivity contribution in [2.75, 3.05) is 0 Å². The van der Waals surface area contributed by atoms with Crippen LogP contribution in [-0.2, 0) is 11.3 Å². The van der Waals surface area contributed by atoms with E-state index in [0.29, 0.717) is 12.0 Å². The summed E-state index contributed by atoms with van der Waals surface area (Å²) in [5.74, 6) is -2.09. The number of carbonyl (C=O) groups is 2. The molecule has 3 rings (SSSR count). The fourth-order valence-corrected chi connectivity index (χ4v) is 2.98. The van der Waals surface area contributed by atoms with Crippen molar-refractivity contribution >= 4 is 11.9 Å². The van der Waals surface area contributed by atoms with E-state index in [-0.39, 0.29) is 41.2 Å². The molecule has 2 aromatic rings. The predicted molar refractivity (Wildman–Crippen MR) is 86.2 cm³/mol. The third-order valence-electron chi connectivity index (χ3n) is 4.31. The molecule has 2 unspecified atom stereocenters. The average molecular weight is 383 g/mol. The van der Waals surface area contributed by atoms with Gasteiger partial charge in [-0.1, -0.05) is 18.2 Å². The minimum absolute atomic E-state index is 0.00310. The molecular weight excluding hydrogens is 367 g/mol. The van der Waals surface area contributed by atoms with Gasteiger partial charge < -0.3 is 19.6 Å². The van der Waals surface area contributed by atoms with Crippen LogP contribution in [0.2, 0.25) is 0 Å². The lowest BCUT2D eigenvalue weighted by Gasteiger charge is -2.13. The van der Waals surface area contributed by atoms with E-state index >= 15 is 0 Å². The lowest BCUT2D eigenvalue weighted by atomic mass is 10.1. The smallest absolute Gasteiger partial charge is 0.478 e. The molecule has 0 saturated heterocycles. The summed E-state index contributed by atoms with van der Waals surface area (Å²) in [6, 6.07) is 7.07. The molecule has 1 aromatic carbocycles. The van der Waals surface area contributed by atoms with E-state index in [1.807, 2.05) is 0 Å². The molecule has 6 nitrogen and oxygen atoms in total. The molecule has 1 fully saturated rings. The van der Waals surface area contributed by atoms with Gasteiger partial charge in [0.1, 0.15) is 22.8 Å². The molecule has 27 heavy (non-hydrogen) atoms. The number of halogens is 3. The number of aromatic carboxylic acids is 1. The van der Waals surface area contributed by atoms with E-state index in [0.717, 1.165) is 0 Å². The fourth-order valence-electron chi connectivity index (χ4n) is 2.98. The lowest BCUT2D eigenvalue weighted by molar-refractivity contribution is -0.274. The van der Waals surface area contributed by atoms with Crippen molar-refractivity contribution in [2.24, 2.45) is 5.92 Å². The Morgan fingerprint density at radius 3 is 2.67 bits per heavy atom. The number of hydrogen-bond acceptors (Lipinski definition) is 4. The van der Waals surface area contributed by atoms with Crippen molar-refractivity contribution < 1.29 is 37.0 Å². The monoisotopic (exact) mass is 383 g/mol. The fraction of sp³-hybridized carbons (Fsp3) is 0.333. The Morgan fingerprint density at radius 1 is 1.33 bits per heavy atom. The van der Waals surface area contributed by atoms with Crippen LogP contribution in [0.1, 0.15) is 39.8 Å². The topological polar surface area (TPSA) is 88.8 Å². The van der Waals surface area contributed by atoms with Crippen molar-refractivity contribution in [3.63, 3.8) is 0 Å². The van der Waals surface area contributed by atoms with Gasteiger partial charge in [0, 0.05) is 5.92 Å². The number of benzene rings is 1. The van der Waals surface area contributed by atoms with Crippen molar-refractivity contribution in [3.05, 3.63) is 53.0 Å². The molecule has 9 heteroatoms. The van der Waals surface area contributed by atoms with Crippen LogP contribution >= 0.6 is 0 Å². The molecule has 0 bridgehead atoms. The molecule has 1 aliphatic rings. The van der Waals surface area contributed by atoms with Gasteiger partial charge in [0.2, 0.25) is 5.91 Å². The zero-order valence-corrected chi connectivity index (χ0v) is 14.2. The third kappa shape index (κ3) is 4.42. The van der Waals surface area contributed by atoms with Crippen LogP contribution in [0, 0.1) is 12.8 Å². The van der Waals surface area contributed by atoms with Crippen LogP contribution in [0.3, 0.4) is 0 Å². The summed E-state index contributed by atoms with van der Waals surface area (Å²) in [5, 5.41) is 11.6. The number of nitrogens with one attached hydrogen (secondary N) is 1. The van der Waals surface area contributed by atoms with Crippen molar-refractivity contribution in [2.45, 2.75) is 32.2 Å². The standard InChI is InChI=1S/C18H16F3NO5/c1-9-12(17(24)25)6-10(26-9)8-22-16(23)14-7-13(14)11-4-2-3-5-15(11)27-18(19,20)21/h2-6,13-14H,7-8H2,1H3,(H,22,23)(H,24,25). The maximum atomic E-state index is 12.5. The summed E-state index contributed by atoms with van der Waals surface area (Å²) in [6.45, 7) is 1.50. The minimum atomic E-state index is -4.80. The number of aryl methyl sites for hydroxylation is 1. The molecule has 0 radical (unpaired) electrons. The molecule has 1 saturated carbocycles. The number of para-hydroxylation sites is 1. The quantitative estimate of drug-likeness (QED) is 0.796. The zero-order chi connectivity index (χ0) is 19.8. The van der Waals surface area contributed by atoms with Gasteiger partial charge in [0.25, 0.3) is 0 Å². The van der Waals surface area contributed by atoms with Crippen molar-refractivity contribution in [1.82, 2.24) is 5.32 Å². The van der Waals surface area contributed by atoms with Gasteiger partial charge in [-0.05, 0) is 37.0 Å². The highest BCUT2D eigenvalue weighted by molar-refractivity contribution is 5.89. The molecule has 1 amide bonds. The molecule has 1 aliphatic carbocycles. The lowest BCUT2D eigenvalue weighted by Crippen LogP contribution is -2.24. The van der Waals surface area contributed by atoms with E-state index in [1.54, 1.807) is 6.07 Å². The number of carbonyl (C=O) groups excluding carboxylic acids is 1. The second kappa shape index (κ2) is 6.98. The normalized spacial score (nSPS) is 18.8. The number of rotatable bonds is 6. The van der Waals surface area contributed by atoms with E-state index in [2.05, 4.69) is 10.1 Å². The van der Waals surface area contributed by atoms with Crippen LogP contribution in [-0.4, -0.2) is 23.3 Å². The Kier molecular flexibility index (Phi) is 4.86. The minimum Gasteiger partial charge on any atom is -0.478 e. The maximum absolute atomic E-state index is 12.5. The van der Waals surface area contributed by atoms with Gasteiger partial charge in [-0.2, -0.15) is 0 Å². The molecule has 0 spiro atoms. The molecule has 0 aliphatic heterocycles. The Balaban J connectivity index is 1.61. The summed E-state index contributed by atoms with van der Waals surface area (Å²) >= 11 is 0. The predicted octanol–water partition coefficient (Wildman–Crippen LogP) is 3.60. The zero-order valence-electron chi connectivity index (χ0n) is 14.2. The van der Waals surface area contributed by atoms with Crippen molar-refractivity contribution in [1.29, 1.82) is 0 Å².